The molecule has 2 atom stereocenters. The number of ether oxygens (including phenoxy) is 2. The average molecular weight is 301 g/mol. The topological polar surface area (TPSA) is 106 Å². The molecule has 0 saturated carbocycles. The second kappa shape index (κ2) is 9.30. The smallest absolute Gasteiger partial charge is 0.239 e. The first-order valence-electron chi connectivity index (χ1n) is 6.92. The van der Waals surface area contributed by atoms with Gasteiger partial charge in [-0.3, -0.25) is 14.4 Å². The van der Waals surface area contributed by atoms with Crippen LogP contribution in [0.15, 0.2) is 0 Å². The lowest BCUT2D eigenvalue weighted by atomic mass is 9.91. The maximum absolute atomic E-state index is 11.8. The number of piperidine rings is 1. The van der Waals surface area contributed by atoms with E-state index in [9.17, 15) is 14.4 Å². The predicted octanol–water partition coefficient (Wildman–Crippen LogP) is -1.25. The zero-order valence-corrected chi connectivity index (χ0v) is 12.4. The van der Waals surface area contributed by atoms with Crippen LogP contribution in [-0.4, -0.2) is 57.9 Å². The van der Waals surface area contributed by atoms with E-state index in [1.54, 1.807) is 0 Å². The van der Waals surface area contributed by atoms with E-state index in [0.29, 0.717) is 19.4 Å². The van der Waals surface area contributed by atoms with E-state index in [1.807, 2.05) is 0 Å². The lowest BCUT2D eigenvalue weighted by Crippen LogP contribution is -2.50. The molecule has 1 aliphatic rings. The van der Waals surface area contributed by atoms with Gasteiger partial charge in [0.1, 0.15) is 0 Å². The van der Waals surface area contributed by atoms with Gasteiger partial charge in [0.2, 0.25) is 18.2 Å². The molecule has 8 nitrogen and oxygen atoms in total. The first-order chi connectivity index (χ1) is 10.1. The molecule has 21 heavy (non-hydrogen) atoms. The van der Waals surface area contributed by atoms with E-state index >= 15 is 0 Å². The fourth-order valence-electron chi connectivity index (χ4n) is 2.42. The van der Waals surface area contributed by atoms with Gasteiger partial charge in [0.15, 0.2) is 6.29 Å². The van der Waals surface area contributed by atoms with Crippen molar-refractivity contribution in [2.24, 2.45) is 5.92 Å². The Morgan fingerprint density at radius 2 is 2.19 bits per heavy atom. The number of hydrogen-bond acceptors (Lipinski definition) is 5. The van der Waals surface area contributed by atoms with Crippen LogP contribution in [0.4, 0.5) is 0 Å². The second-order valence-corrected chi connectivity index (χ2v) is 4.88. The summed E-state index contributed by atoms with van der Waals surface area (Å²) in [4.78, 5) is 33.8. The quantitative estimate of drug-likeness (QED) is 0.364. The summed E-state index contributed by atoms with van der Waals surface area (Å²) in [6.07, 6.45) is 1.90. The highest BCUT2D eigenvalue weighted by molar-refractivity contribution is 5.81. The zero-order valence-electron chi connectivity index (χ0n) is 12.4. The maximum Gasteiger partial charge on any atom is 0.239 e. The van der Waals surface area contributed by atoms with Gasteiger partial charge in [0.05, 0.1) is 12.6 Å². The van der Waals surface area contributed by atoms with Crippen molar-refractivity contribution >= 4 is 18.2 Å². The van der Waals surface area contributed by atoms with Gasteiger partial charge in [-0.1, -0.05) is 0 Å². The molecule has 0 aromatic carbocycles. The predicted molar refractivity (Wildman–Crippen MR) is 74.2 cm³/mol. The summed E-state index contributed by atoms with van der Waals surface area (Å²) in [5.41, 5.74) is 0. The normalized spacial score (nSPS) is 19.8. The van der Waals surface area contributed by atoms with Crippen LogP contribution in [0.25, 0.3) is 0 Å². The van der Waals surface area contributed by atoms with Crippen LogP contribution in [0.3, 0.4) is 0 Å². The highest BCUT2D eigenvalue weighted by Gasteiger charge is 2.30. The second-order valence-electron chi connectivity index (χ2n) is 4.88. The number of rotatable bonds is 9. The lowest BCUT2D eigenvalue weighted by Gasteiger charge is -2.30. The fourth-order valence-corrected chi connectivity index (χ4v) is 2.42. The number of hydrogen-bond donors (Lipinski definition) is 3. The van der Waals surface area contributed by atoms with Crippen molar-refractivity contribution in [3.63, 3.8) is 0 Å². The van der Waals surface area contributed by atoms with Crippen molar-refractivity contribution < 1.29 is 23.9 Å². The van der Waals surface area contributed by atoms with Gasteiger partial charge >= 0.3 is 0 Å². The summed E-state index contributed by atoms with van der Waals surface area (Å²) in [5.74, 6) is -0.559. The number of amides is 3. The third-order valence-corrected chi connectivity index (χ3v) is 3.42. The van der Waals surface area contributed by atoms with Crippen LogP contribution >= 0.6 is 0 Å². The van der Waals surface area contributed by atoms with E-state index in [-0.39, 0.29) is 24.3 Å². The Bertz CT molecular complexity index is 360. The average Bonchev–Trinajstić information content (AvgIpc) is 2.48. The van der Waals surface area contributed by atoms with Gasteiger partial charge in [-0.25, -0.2) is 0 Å². The van der Waals surface area contributed by atoms with E-state index in [2.05, 4.69) is 16.0 Å². The van der Waals surface area contributed by atoms with Gasteiger partial charge < -0.3 is 25.4 Å². The Hall–Kier alpha value is -1.67. The Morgan fingerprint density at radius 3 is 2.76 bits per heavy atom. The van der Waals surface area contributed by atoms with Crippen molar-refractivity contribution in [3.05, 3.63) is 0 Å². The Labute approximate surface area is 123 Å². The van der Waals surface area contributed by atoms with Crippen LogP contribution in [0, 0.1) is 5.92 Å². The monoisotopic (exact) mass is 301 g/mol. The molecule has 2 unspecified atom stereocenters. The minimum Gasteiger partial charge on any atom is -0.356 e. The molecule has 120 valence electrons. The van der Waals surface area contributed by atoms with Crippen molar-refractivity contribution in [1.29, 1.82) is 0 Å². The summed E-state index contributed by atoms with van der Waals surface area (Å²) >= 11 is 0. The molecule has 0 spiro atoms. The zero-order chi connectivity index (χ0) is 15.7. The standard InChI is InChI=1S/C13H23N3O5/c1-20-13(21-2)10(16-11(18)7-14-8-17)6-9-4-3-5-15-12(9)19/h8-10,13H,3-7H2,1-2H3,(H,14,17)(H,15,19)(H,16,18). The Balaban J connectivity index is 2.64. The minimum absolute atomic E-state index is 0.0162. The molecular formula is C13H23N3O5. The summed E-state index contributed by atoms with van der Waals surface area (Å²) < 4.78 is 10.4. The molecule has 3 amide bonds. The highest BCUT2D eigenvalue weighted by atomic mass is 16.7. The molecule has 3 N–H and O–H groups in total. The number of methoxy groups -OCH3 is 2. The molecule has 1 aliphatic heterocycles. The first-order valence-corrected chi connectivity index (χ1v) is 6.92. The van der Waals surface area contributed by atoms with Crippen molar-refractivity contribution in [2.45, 2.75) is 31.6 Å². The number of carbonyl (C=O) groups is 3. The third kappa shape index (κ3) is 5.68. The summed E-state index contributed by atoms with van der Waals surface area (Å²) in [7, 11) is 2.94. The van der Waals surface area contributed by atoms with E-state index in [4.69, 9.17) is 9.47 Å². The van der Waals surface area contributed by atoms with Gasteiger partial charge in [-0.2, -0.15) is 0 Å². The van der Waals surface area contributed by atoms with Crippen LogP contribution in [0.1, 0.15) is 19.3 Å². The summed E-state index contributed by atoms with van der Waals surface area (Å²) in [6.45, 7) is 0.560. The molecular weight excluding hydrogens is 278 g/mol. The molecule has 1 saturated heterocycles. The molecule has 0 bridgehead atoms. The Morgan fingerprint density at radius 1 is 1.48 bits per heavy atom. The number of carbonyl (C=O) groups excluding carboxylic acids is 3. The molecule has 1 heterocycles. The van der Waals surface area contributed by atoms with Gasteiger partial charge in [-0.15, -0.1) is 0 Å². The number of nitrogens with one attached hydrogen (secondary N) is 3. The fraction of sp³-hybridized carbons (Fsp3) is 0.769. The maximum atomic E-state index is 11.8. The van der Waals surface area contributed by atoms with Crippen molar-refractivity contribution in [2.75, 3.05) is 27.3 Å². The SMILES string of the molecule is COC(OC)C(CC1CCCNC1=O)NC(=O)CNC=O. The van der Waals surface area contributed by atoms with Gasteiger partial charge in [0, 0.05) is 26.7 Å². The third-order valence-electron chi connectivity index (χ3n) is 3.42. The molecule has 1 rings (SSSR count). The van der Waals surface area contributed by atoms with E-state index in [1.165, 1.54) is 14.2 Å². The van der Waals surface area contributed by atoms with Crippen LogP contribution in [0.2, 0.25) is 0 Å². The lowest BCUT2D eigenvalue weighted by molar-refractivity contribution is -0.143. The molecule has 0 aliphatic carbocycles. The molecule has 0 aromatic rings. The van der Waals surface area contributed by atoms with Gasteiger partial charge in [-0.05, 0) is 19.3 Å². The first kappa shape index (κ1) is 17.4. The Kier molecular flexibility index (Phi) is 7.70. The highest BCUT2D eigenvalue weighted by Crippen LogP contribution is 2.20. The van der Waals surface area contributed by atoms with Crippen molar-refractivity contribution in [1.82, 2.24) is 16.0 Å². The molecule has 0 aromatic heterocycles. The molecule has 0 radical (unpaired) electrons. The van der Waals surface area contributed by atoms with Crippen LogP contribution < -0.4 is 16.0 Å². The summed E-state index contributed by atoms with van der Waals surface area (Å²) in [6, 6.07) is -0.463. The van der Waals surface area contributed by atoms with Gasteiger partial charge in [0.25, 0.3) is 0 Å². The summed E-state index contributed by atoms with van der Waals surface area (Å²) in [5, 5.41) is 7.83. The van der Waals surface area contributed by atoms with E-state index < -0.39 is 12.3 Å². The van der Waals surface area contributed by atoms with Crippen molar-refractivity contribution in [3.8, 4) is 0 Å². The molecule has 8 heteroatoms. The molecule has 1 fully saturated rings. The van der Waals surface area contributed by atoms with E-state index in [0.717, 1.165) is 12.8 Å². The largest absolute Gasteiger partial charge is 0.356 e. The van der Waals surface area contributed by atoms with Crippen LogP contribution in [-0.2, 0) is 23.9 Å². The minimum atomic E-state index is -0.653. The van der Waals surface area contributed by atoms with Crippen LogP contribution in [0.5, 0.6) is 0 Å².